The van der Waals surface area contributed by atoms with E-state index in [2.05, 4.69) is 10.6 Å². The number of nitrogens with zero attached hydrogens (tertiary/aromatic N) is 2. The molecule has 168 valence electrons. The number of carbonyl (C=O) groups is 2. The molecule has 2 aromatic carbocycles. The Balaban J connectivity index is 1.78. The van der Waals surface area contributed by atoms with Gasteiger partial charge >= 0.3 is 6.03 Å². The molecule has 0 aromatic heterocycles. The van der Waals surface area contributed by atoms with Crippen molar-refractivity contribution in [1.29, 1.82) is 0 Å². The number of amides is 3. The summed E-state index contributed by atoms with van der Waals surface area (Å²) in [6, 6.07) is 15.5. The fourth-order valence-electron chi connectivity index (χ4n) is 2.88. The fraction of sp³-hybridized carbons (Fsp3) is 0.364. The molecular weight excluding hydrogens is 416 g/mol. The number of benzene rings is 2. The summed E-state index contributed by atoms with van der Waals surface area (Å²) in [6.45, 7) is 2.52. The highest BCUT2D eigenvalue weighted by atomic mass is 32.2. The van der Waals surface area contributed by atoms with Gasteiger partial charge in [-0.1, -0.05) is 42.5 Å². The topological polar surface area (TPSA) is 98.8 Å². The van der Waals surface area contributed by atoms with Crippen LogP contribution in [0.5, 0.6) is 0 Å². The number of hydrogen-bond acceptors (Lipinski definition) is 4. The molecule has 8 nitrogen and oxygen atoms in total. The van der Waals surface area contributed by atoms with Gasteiger partial charge in [-0.25, -0.2) is 17.5 Å². The van der Waals surface area contributed by atoms with E-state index in [1.165, 1.54) is 26.2 Å². The fourth-order valence-corrected chi connectivity index (χ4v) is 3.78. The molecule has 0 bridgehead atoms. The van der Waals surface area contributed by atoms with Crippen LogP contribution in [0.25, 0.3) is 0 Å². The zero-order valence-corrected chi connectivity index (χ0v) is 19.1. The molecule has 0 fully saturated rings. The van der Waals surface area contributed by atoms with E-state index in [1.807, 2.05) is 37.3 Å². The molecule has 31 heavy (non-hydrogen) atoms. The third kappa shape index (κ3) is 7.08. The van der Waals surface area contributed by atoms with Crippen LogP contribution in [0.4, 0.5) is 4.79 Å². The van der Waals surface area contributed by atoms with Gasteiger partial charge in [0.25, 0.3) is 0 Å². The van der Waals surface area contributed by atoms with E-state index >= 15 is 0 Å². The number of urea groups is 1. The molecule has 2 rings (SSSR count). The number of rotatable bonds is 9. The predicted octanol–water partition coefficient (Wildman–Crippen LogP) is 2.35. The maximum absolute atomic E-state index is 12.2. The largest absolute Gasteiger partial charge is 0.350 e. The molecule has 0 saturated carbocycles. The average molecular weight is 447 g/mol. The Morgan fingerprint density at radius 2 is 1.58 bits per heavy atom. The van der Waals surface area contributed by atoms with Crippen LogP contribution in [0.1, 0.15) is 30.5 Å². The second-order valence-corrected chi connectivity index (χ2v) is 9.62. The normalized spacial score (nSPS) is 12.3. The highest BCUT2D eigenvalue weighted by molar-refractivity contribution is 7.89. The number of carbonyl (C=O) groups excluding carboxylic acids is 2. The van der Waals surface area contributed by atoms with Crippen LogP contribution >= 0.6 is 0 Å². The smallest absolute Gasteiger partial charge is 0.317 e. The summed E-state index contributed by atoms with van der Waals surface area (Å²) in [7, 11) is 1.16. The average Bonchev–Trinajstić information content (AvgIpc) is 2.74. The first-order valence-electron chi connectivity index (χ1n) is 9.96. The van der Waals surface area contributed by atoms with Crippen LogP contribution in [0.2, 0.25) is 0 Å². The van der Waals surface area contributed by atoms with Gasteiger partial charge in [0.05, 0.1) is 10.9 Å². The lowest BCUT2D eigenvalue weighted by Gasteiger charge is -2.19. The van der Waals surface area contributed by atoms with Crippen LogP contribution < -0.4 is 10.6 Å². The molecule has 1 atom stereocenters. The lowest BCUT2D eigenvalue weighted by Crippen LogP contribution is -2.39. The summed E-state index contributed by atoms with van der Waals surface area (Å²) in [4.78, 5) is 26.1. The summed E-state index contributed by atoms with van der Waals surface area (Å²) in [5.74, 6) is -0.205. The summed E-state index contributed by atoms with van der Waals surface area (Å²) < 4.78 is 25.4. The molecule has 3 amide bonds. The SMILES string of the molecule is CC(NC(=O)CCNC(=O)N(C)Cc1ccccc1)c1ccc(S(=O)(=O)N(C)C)cc1. The molecule has 9 heteroatoms. The molecule has 0 aliphatic rings. The van der Waals surface area contributed by atoms with Crippen molar-refractivity contribution >= 4 is 22.0 Å². The zero-order chi connectivity index (χ0) is 23.0. The molecule has 0 aliphatic heterocycles. The molecule has 0 aliphatic carbocycles. The molecule has 0 radical (unpaired) electrons. The molecule has 0 spiro atoms. The van der Waals surface area contributed by atoms with E-state index < -0.39 is 10.0 Å². The van der Waals surface area contributed by atoms with Gasteiger partial charge in [-0.05, 0) is 30.2 Å². The van der Waals surface area contributed by atoms with E-state index in [0.29, 0.717) is 6.54 Å². The molecule has 0 saturated heterocycles. The number of hydrogen-bond donors (Lipinski definition) is 2. The van der Waals surface area contributed by atoms with Crippen molar-refractivity contribution in [3.8, 4) is 0 Å². The highest BCUT2D eigenvalue weighted by Gasteiger charge is 2.18. The molecule has 1 unspecified atom stereocenters. The van der Waals surface area contributed by atoms with Gasteiger partial charge in [0.15, 0.2) is 0 Å². The third-order valence-electron chi connectivity index (χ3n) is 4.77. The summed E-state index contributed by atoms with van der Waals surface area (Å²) in [5, 5.41) is 5.59. The van der Waals surface area contributed by atoms with Gasteiger partial charge in [0.1, 0.15) is 0 Å². The molecule has 2 N–H and O–H groups in total. The predicted molar refractivity (Wildman–Crippen MR) is 120 cm³/mol. The van der Waals surface area contributed by atoms with Crippen molar-refractivity contribution in [2.45, 2.75) is 30.8 Å². The van der Waals surface area contributed by atoms with E-state index in [4.69, 9.17) is 0 Å². The Hall–Kier alpha value is -2.91. The standard InChI is InChI=1S/C22H30N4O4S/c1-17(19-10-12-20(13-11-19)31(29,30)25(2)3)24-21(27)14-15-23-22(28)26(4)16-18-8-6-5-7-9-18/h5-13,17H,14-16H2,1-4H3,(H,23,28)(H,24,27). The minimum Gasteiger partial charge on any atom is -0.350 e. The number of nitrogens with one attached hydrogen (secondary N) is 2. The summed E-state index contributed by atoms with van der Waals surface area (Å²) in [6.07, 6.45) is 0.141. The minimum atomic E-state index is -3.49. The van der Waals surface area contributed by atoms with Crippen LogP contribution in [-0.2, 0) is 21.4 Å². The van der Waals surface area contributed by atoms with Crippen LogP contribution in [0.15, 0.2) is 59.5 Å². The van der Waals surface area contributed by atoms with Gasteiger partial charge < -0.3 is 15.5 Å². The highest BCUT2D eigenvalue weighted by Crippen LogP contribution is 2.18. The van der Waals surface area contributed by atoms with Gasteiger partial charge in [-0.2, -0.15) is 0 Å². The van der Waals surface area contributed by atoms with Crippen molar-refractivity contribution in [3.63, 3.8) is 0 Å². The maximum atomic E-state index is 12.2. The summed E-state index contributed by atoms with van der Waals surface area (Å²) in [5.41, 5.74) is 1.81. The lowest BCUT2D eigenvalue weighted by atomic mass is 10.1. The Labute approximate surface area is 184 Å². The Morgan fingerprint density at radius 1 is 0.968 bits per heavy atom. The van der Waals surface area contributed by atoms with Crippen LogP contribution in [-0.4, -0.2) is 57.2 Å². The molecule has 2 aromatic rings. The quantitative estimate of drug-likeness (QED) is 0.618. The van der Waals surface area contributed by atoms with Crippen LogP contribution in [0.3, 0.4) is 0 Å². The third-order valence-corrected chi connectivity index (χ3v) is 6.60. The van der Waals surface area contributed by atoms with Crippen molar-refractivity contribution < 1.29 is 18.0 Å². The van der Waals surface area contributed by atoms with Gasteiger partial charge in [-0.3, -0.25) is 4.79 Å². The zero-order valence-electron chi connectivity index (χ0n) is 18.3. The van der Waals surface area contributed by atoms with E-state index in [1.54, 1.807) is 24.1 Å². The van der Waals surface area contributed by atoms with Gasteiger partial charge in [0, 0.05) is 40.7 Å². The van der Waals surface area contributed by atoms with Gasteiger partial charge in [-0.15, -0.1) is 0 Å². The Kier molecular flexibility index (Phi) is 8.58. The monoisotopic (exact) mass is 446 g/mol. The van der Waals surface area contributed by atoms with E-state index in [9.17, 15) is 18.0 Å². The Bertz CT molecular complexity index is 976. The Morgan fingerprint density at radius 3 is 2.16 bits per heavy atom. The summed E-state index contributed by atoms with van der Waals surface area (Å²) >= 11 is 0. The maximum Gasteiger partial charge on any atom is 0.317 e. The first-order valence-corrected chi connectivity index (χ1v) is 11.4. The van der Waals surface area contributed by atoms with Crippen molar-refractivity contribution in [2.75, 3.05) is 27.7 Å². The van der Waals surface area contributed by atoms with E-state index in [-0.39, 0.29) is 35.8 Å². The van der Waals surface area contributed by atoms with Crippen molar-refractivity contribution in [3.05, 3.63) is 65.7 Å². The van der Waals surface area contributed by atoms with Crippen molar-refractivity contribution in [2.24, 2.45) is 0 Å². The van der Waals surface area contributed by atoms with Crippen molar-refractivity contribution in [1.82, 2.24) is 19.8 Å². The first kappa shape index (κ1) is 24.4. The first-order chi connectivity index (χ1) is 14.6. The lowest BCUT2D eigenvalue weighted by molar-refractivity contribution is -0.121. The number of sulfonamides is 1. The van der Waals surface area contributed by atoms with Crippen LogP contribution in [0, 0.1) is 0 Å². The second kappa shape index (κ2) is 10.9. The molecule has 0 heterocycles. The molecular formula is C22H30N4O4S. The van der Waals surface area contributed by atoms with E-state index in [0.717, 1.165) is 15.4 Å². The van der Waals surface area contributed by atoms with Gasteiger partial charge in [0.2, 0.25) is 15.9 Å². The second-order valence-electron chi connectivity index (χ2n) is 7.47. The minimum absolute atomic E-state index is 0.141.